The molecule has 4 heterocycles. The number of ketones is 4. The number of aliphatic hydroxyl groups excluding tert-OH is 1. The zero-order valence-corrected chi connectivity index (χ0v) is 88.4. The Bertz CT molecular complexity index is 6170. The fourth-order valence-corrected chi connectivity index (χ4v) is 16.8. The number of phenolic OH excluding ortho intramolecular Hbond substituents is 1. The Kier molecular flexibility index (Phi) is 41.7. The molecule has 4 aromatic heterocycles. The average molecular weight is 2050 g/mol. The number of carbonyl (C=O) groups is 7. The number of benzene rings is 8. The van der Waals surface area contributed by atoms with Gasteiger partial charge >= 0.3 is 36.8 Å². The summed E-state index contributed by atoms with van der Waals surface area (Å²) in [4.78, 5) is 93.1. The molecule has 0 bridgehead atoms. The molecule has 0 saturated carbocycles. The first-order valence-electron chi connectivity index (χ1n) is 44.5. The van der Waals surface area contributed by atoms with E-state index in [9.17, 15) is 54.0 Å². The molecule has 0 fully saturated rings. The number of aliphatic hydroxyl groups is 1. The summed E-state index contributed by atoms with van der Waals surface area (Å²) < 4.78 is 29.9. The van der Waals surface area contributed by atoms with E-state index in [0.717, 1.165) is 88.9 Å². The number of aliphatic carboxylic acids is 2. The van der Waals surface area contributed by atoms with Gasteiger partial charge in [-0.05, 0) is 224 Å². The minimum absolute atomic E-state index is 0. The van der Waals surface area contributed by atoms with E-state index in [1.165, 1.54) is 7.11 Å². The number of ether oxygens (including phenoxy) is 4. The third kappa shape index (κ3) is 31.1. The fraction of sp³-hybridized carbons (Fsp3) is 0.427. The molecule has 12 aromatic rings. The molecule has 0 spiro atoms. The minimum Gasteiger partial charge on any atom is -0.870 e. The molecule has 5 N–H and O–H groups in total. The van der Waals surface area contributed by atoms with Crippen LogP contribution in [0.1, 0.15) is 258 Å². The second-order valence-corrected chi connectivity index (χ2v) is 43.7. The van der Waals surface area contributed by atoms with Crippen molar-refractivity contribution in [2.75, 3.05) is 40.0 Å². The predicted octanol–water partition coefficient (Wildman–Crippen LogP) is 24.7. The van der Waals surface area contributed by atoms with Crippen molar-refractivity contribution in [1.29, 1.82) is 0 Å². The Morgan fingerprint density at radius 1 is 0.338 bits per heavy atom. The number of hydrogen-bond acceptors (Lipinski definition) is 14. The first-order chi connectivity index (χ1) is 61.9. The van der Waals surface area contributed by atoms with Crippen LogP contribution >= 0.6 is 69.0 Å². The van der Waals surface area contributed by atoms with Gasteiger partial charge in [0, 0.05) is 186 Å². The standard InChI is InChI=1S/C28H34ClNO4.C27H32ClNO4.C27H34ClNO3.C26H30ClNO4.CH3I.CH4.Li.H2O/c1-27(2,3)16-24(31)25-21-14-20(33-6)12-13-22(21)30(17-18-8-10-19(29)11-9-18)23(25)15-28(4,5)26(32)34-7;1-26(2,3)15-23(30)24-20-13-19(33-6)11-12-21(20)29(16-17-7-9-18(28)10-8-17)22(24)14-27(4,5)25(31)32;1-26(2,3)15-24(31)25-21-13-20(32-6)11-12-22(21)29(23(25)14-27(4,5)17-30)16-18-7-9-19(28)10-8-18;1-25(2,3)14-22(30)23-19-12-18(29)10-11-20(19)28(15-16-6-8-17(27)9-7-16)21(23)13-26(4,5)24(31)32;1-2;;;/h8-14H,15-17H2,1-7H3;7-13H,14-16H2,1-6H3,(H,31,32);7-13,30H,14-17H2,1-6H3;6-12,29H,13-15H2,1-5H3,(H,31,32);1H3;1H4;;1H2/q;;;;;;+1;/p-1. The number of alkyl halides is 1. The maximum absolute atomic E-state index is 13.7. The molecule has 0 aliphatic heterocycles. The smallest absolute Gasteiger partial charge is 0.870 e. The maximum Gasteiger partial charge on any atom is 1.00 e. The summed E-state index contributed by atoms with van der Waals surface area (Å²) in [6.45, 7) is 41.0. The molecule has 0 radical (unpaired) electrons. The number of carboxylic acids is 2. The molecule has 0 aliphatic carbocycles. The molecule has 0 amide bonds. The van der Waals surface area contributed by atoms with Crippen LogP contribution in [0, 0.1) is 43.3 Å². The third-order valence-electron chi connectivity index (χ3n) is 23.0. The second-order valence-electron chi connectivity index (χ2n) is 41.9. The fourth-order valence-electron chi connectivity index (χ4n) is 16.3. The largest absolute Gasteiger partial charge is 1.00 e. The van der Waals surface area contributed by atoms with Gasteiger partial charge in [0.25, 0.3) is 0 Å². The van der Waals surface area contributed by atoms with Gasteiger partial charge < -0.3 is 63.1 Å². The van der Waals surface area contributed by atoms with Crippen molar-refractivity contribution < 1.29 is 97.3 Å². The van der Waals surface area contributed by atoms with Crippen molar-refractivity contribution >= 4 is 154 Å². The Balaban J connectivity index is 0.000000316. The van der Waals surface area contributed by atoms with Crippen molar-refractivity contribution in [2.24, 2.45) is 43.3 Å². The van der Waals surface area contributed by atoms with Gasteiger partial charge in [-0.3, -0.25) is 33.6 Å². The first kappa shape index (κ1) is 117. The van der Waals surface area contributed by atoms with E-state index in [1.807, 2.05) is 218 Å². The number of nitrogens with zero attached hydrogens (tertiary/aromatic N) is 4. The van der Waals surface area contributed by atoms with Gasteiger partial charge in [0.2, 0.25) is 0 Å². The average Bonchev–Trinajstić information content (AvgIpc) is 1.59. The summed E-state index contributed by atoms with van der Waals surface area (Å²) in [6, 6.07) is 52.8. The number of carboxylic acid groups (broad SMARTS) is 2. The number of aromatic nitrogens is 4. The Hall–Kier alpha value is -9.38. The molecular weight excluding hydrogens is 1910 g/mol. The zero-order valence-electron chi connectivity index (χ0n) is 83.3. The molecule has 12 rings (SSSR count). The minimum atomic E-state index is -1.08. The van der Waals surface area contributed by atoms with Crippen molar-refractivity contribution in [1.82, 2.24) is 18.3 Å². The van der Waals surface area contributed by atoms with Crippen LogP contribution in [-0.2, 0) is 71.0 Å². The molecule has 136 heavy (non-hydrogen) atoms. The normalized spacial score (nSPS) is 11.8. The number of fused-ring (bicyclic) bond motifs is 4. The van der Waals surface area contributed by atoms with Crippen LogP contribution in [-0.4, -0.2) is 125 Å². The summed E-state index contributed by atoms with van der Waals surface area (Å²) in [7, 11) is 6.24. The summed E-state index contributed by atoms with van der Waals surface area (Å²) in [6.07, 6.45) is 2.82. The molecule has 0 unspecified atom stereocenters. The maximum atomic E-state index is 13.7. The summed E-state index contributed by atoms with van der Waals surface area (Å²) >= 11 is 26.5. The van der Waals surface area contributed by atoms with Crippen LogP contribution in [0.4, 0.5) is 0 Å². The number of hydrogen-bond donors (Lipinski definition) is 4. The molecule has 8 aromatic carbocycles. The topological polar surface area (TPSA) is 287 Å². The Morgan fingerprint density at radius 2 is 0.559 bits per heavy atom. The predicted molar refractivity (Wildman–Crippen MR) is 558 cm³/mol. The van der Waals surface area contributed by atoms with Gasteiger partial charge in [0.1, 0.15) is 23.0 Å². The summed E-state index contributed by atoms with van der Waals surface area (Å²) in [5.41, 5.74) is 9.26. The number of esters is 1. The van der Waals surface area contributed by atoms with Crippen LogP contribution in [0.25, 0.3) is 43.6 Å². The second kappa shape index (κ2) is 48.5. The van der Waals surface area contributed by atoms with Crippen LogP contribution in [0.15, 0.2) is 170 Å². The van der Waals surface area contributed by atoms with Gasteiger partial charge in [0.15, 0.2) is 23.1 Å². The SMILES string of the molecule is C.CC(C)(C)CC(=O)c1c(CC(C)(C)C(=O)O)n(Cc2ccc(Cl)cc2)c2ccc(O)cc12.CI.COC(=O)C(C)(C)Cc1c(C(=O)CC(C)(C)C)c2cc(OC)ccc2n1Cc1ccc(Cl)cc1.COc1ccc2c(c1)c(C(=O)CC(C)(C)C)c(CC(C)(C)C(=O)O)n2Cc1ccc(Cl)cc1.COc1ccc2c(c1)c(C(=O)CC(C)(C)C)c(CC(C)(C)CO)n2Cc1ccc(Cl)cc1.[Li+].[OH-]. The first-order valence-corrected chi connectivity index (χ1v) is 48.1. The summed E-state index contributed by atoms with van der Waals surface area (Å²) in [5, 5.41) is 45.6. The van der Waals surface area contributed by atoms with Crippen LogP contribution in [0.5, 0.6) is 23.0 Å². The van der Waals surface area contributed by atoms with Crippen LogP contribution in [0.2, 0.25) is 20.1 Å². The monoisotopic (exact) mass is 2040 g/mol. The Labute approximate surface area is 849 Å². The van der Waals surface area contributed by atoms with E-state index in [0.29, 0.717) is 124 Å². The van der Waals surface area contributed by atoms with E-state index in [-0.39, 0.29) is 113 Å². The van der Waals surface area contributed by atoms with Gasteiger partial charge in [-0.25, -0.2) is 0 Å². The van der Waals surface area contributed by atoms with Crippen molar-refractivity contribution in [3.05, 3.63) is 257 Å². The number of phenols is 1. The van der Waals surface area contributed by atoms with E-state index >= 15 is 0 Å². The number of carbonyl (C=O) groups excluding carboxylic acids is 5. The molecule has 0 saturated heterocycles. The number of rotatable bonds is 31. The van der Waals surface area contributed by atoms with E-state index in [1.54, 1.807) is 79.4 Å². The quantitative estimate of drug-likeness (QED) is 0.0103. The van der Waals surface area contributed by atoms with Gasteiger partial charge in [-0.1, -0.05) is 222 Å². The van der Waals surface area contributed by atoms with E-state index in [4.69, 9.17) is 65.4 Å². The number of aromatic hydroxyl groups is 1. The third-order valence-corrected chi connectivity index (χ3v) is 24.0. The van der Waals surface area contributed by atoms with Crippen molar-refractivity contribution in [3.63, 3.8) is 0 Å². The van der Waals surface area contributed by atoms with Crippen molar-refractivity contribution in [3.8, 4) is 23.0 Å². The number of halogens is 5. The molecule has 20 nitrogen and oxygen atoms in total. The van der Waals surface area contributed by atoms with E-state index in [2.05, 4.69) is 77.8 Å². The van der Waals surface area contributed by atoms with Crippen molar-refractivity contribution in [2.45, 2.75) is 223 Å². The number of methoxy groups -OCH3 is 4. The van der Waals surface area contributed by atoms with Gasteiger partial charge in [-0.2, -0.15) is 0 Å². The van der Waals surface area contributed by atoms with Gasteiger partial charge in [0.05, 0.1) is 44.7 Å². The van der Waals surface area contributed by atoms with Crippen LogP contribution < -0.4 is 33.1 Å². The number of Topliss-reactive ketones (excluding diaryl/α,β-unsaturated/α-hetero) is 4. The van der Waals surface area contributed by atoms with E-state index < -0.39 is 28.2 Å². The zero-order chi connectivity index (χ0) is 99.3. The summed E-state index contributed by atoms with van der Waals surface area (Å²) in [5.74, 6) is 0.0864. The molecule has 26 heteroatoms. The Morgan fingerprint density at radius 3 is 0.772 bits per heavy atom. The molecule has 730 valence electrons. The molecular formula is C110H138Cl4ILiN4O16. The van der Waals surface area contributed by atoms with Crippen LogP contribution in [0.3, 0.4) is 0 Å². The molecule has 0 aliphatic rings. The molecule has 0 atom stereocenters. The van der Waals surface area contributed by atoms with Gasteiger partial charge in [-0.15, -0.1) is 0 Å².